The third kappa shape index (κ3) is 6.67. The van der Waals surface area contributed by atoms with Crippen molar-refractivity contribution >= 4 is 17.7 Å². The minimum absolute atomic E-state index is 0.101. The lowest BCUT2D eigenvalue weighted by atomic mass is 10.0. The predicted molar refractivity (Wildman–Crippen MR) is 118 cm³/mol. The summed E-state index contributed by atoms with van der Waals surface area (Å²) in [6.45, 7) is 11.0. The molecule has 0 heterocycles. The Bertz CT molecular complexity index is 953. The molecule has 2 aromatic rings. The molecule has 0 aromatic heterocycles. The van der Waals surface area contributed by atoms with Crippen LogP contribution in [0.5, 0.6) is 5.75 Å². The van der Waals surface area contributed by atoms with Gasteiger partial charge in [-0.05, 0) is 71.4 Å². The van der Waals surface area contributed by atoms with Gasteiger partial charge in [0.2, 0.25) is 0 Å². The van der Waals surface area contributed by atoms with Gasteiger partial charge in [-0.25, -0.2) is 18.4 Å². The molecule has 6 nitrogen and oxygen atoms in total. The van der Waals surface area contributed by atoms with Crippen LogP contribution in [-0.2, 0) is 16.1 Å². The number of benzene rings is 2. The summed E-state index contributed by atoms with van der Waals surface area (Å²) in [5.41, 5.74) is -1.03. The fourth-order valence-electron chi connectivity index (χ4n) is 2.87. The Balaban J connectivity index is 2.14. The smallest absolute Gasteiger partial charge is 0.349 e. The van der Waals surface area contributed by atoms with E-state index in [1.54, 1.807) is 45.0 Å². The van der Waals surface area contributed by atoms with Gasteiger partial charge in [-0.15, -0.1) is 0 Å². The Morgan fingerprint density at radius 3 is 2.16 bits per heavy atom. The lowest BCUT2D eigenvalue weighted by molar-refractivity contribution is -0.158. The highest BCUT2D eigenvalue weighted by Crippen LogP contribution is 2.24. The molecule has 0 saturated heterocycles. The second-order valence-electron chi connectivity index (χ2n) is 8.79. The number of urea groups is 1. The van der Waals surface area contributed by atoms with E-state index in [1.165, 1.54) is 11.0 Å². The van der Waals surface area contributed by atoms with Crippen LogP contribution >= 0.6 is 0 Å². The molecule has 2 amide bonds. The molecule has 8 heteroatoms. The Hall–Kier alpha value is -3.16. The summed E-state index contributed by atoms with van der Waals surface area (Å²) in [6, 6.07) is 9.42. The highest BCUT2D eigenvalue weighted by Gasteiger charge is 2.32. The fourth-order valence-corrected chi connectivity index (χ4v) is 2.87. The van der Waals surface area contributed by atoms with Gasteiger partial charge < -0.3 is 19.7 Å². The van der Waals surface area contributed by atoms with Crippen molar-refractivity contribution in [1.29, 1.82) is 0 Å². The molecule has 0 atom stereocenters. The van der Waals surface area contributed by atoms with E-state index in [0.717, 1.165) is 11.6 Å². The third-order valence-corrected chi connectivity index (χ3v) is 4.63. The topological polar surface area (TPSA) is 67.9 Å². The molecular formula is C24H30F2N2O4. The summed E-state index contributed by atoms with van der Waals surface area (Å²) in [4.78, 5) is 26.4. The van der Waals surface area contributed by atoms with Crippen LogP contribution < -0.4 is 10.1 Å². The molecule has 0 fully saturated rings. The normalized spacial score (nSPS) is 11.6. The molecule has 0 aliphatic rings. The average molecular weight is 449 g/mol. The standard InChI is InChI=1S/C24H30F2N2O4/c1-7-31-21(29)24(5,6)32-18-11-8-16(9-12-18)15-28(23(2,3)4)22(30)27-20-13-10-17(25)14-19(20)26/h8-14H,7,15H2,1-6H3,(H,27,30). The molecule has 0 radical (unpaired) electrons. The third-order valence-electron chi connectivity index (χ3n) is 4.63. The predicted octanol–water partition coefficient (Wildman–Crippen LogP) is 5.52. The first kappa shape index (κ1) is 25.1. The van der Waals surface area contributed by atoms with Crippen LogP contribution in [0.1, 0.15) is 47.1 Å². The van der Waals surface area contributed by atoms with Gasteiger partial charge in [-0.2, -0.15) is 0 Å². The average Bonchev–Trinajstić information content (AvgIpc) is 2.68. The maximum Gasteiger partial charge on any atom is 0.349 e. The molecule has 0 saturated carbocycles. The molecule has 1 N–H and O–H groups in total. The minimum atomic E-state index is -1.14. The van der Waals surface area contributed by atoms with Gasteiger partial charge in [-0.3, -0.25) is 0 Å². The maximum absolute atomic E-state index is 14.0. The number of nitrogens with one attached hydrogen (secondary N) is 1. The Morgan fingerprint density at radius 1 is 1.00 bits per heavy atom. The van der Waals surface area contributed by atoms with E-state index < -0.39 is 34.8 Å². The highest BCUT2D eigenvalue weighted by atomic mass is 19.1. The molecule has 2 rings (SSSR count). The van der Waals surface area contributed by atoms with Crippen molar-refractivity contribution in [2.45, 2.75) is 59.2 Å². The number of hydrogen-bond acceptors (Lipinski definition) is 4. The van der Waals surface area contributed by atoms with Crippen LogP contribution in [0, 0.1) is 11.6 Å². The highest BCUT2D eigenvalue weighted by molar-refractivity contribution is 5.90. The fraction of sp³-hybridized carbons (Fsp3) is 0.417. The van der Waals surface area contributed by atoms with E-state index in [1.807, 2.05) is 20.8 Å². The molecule has 174 valence electrons. The second-order valence-corrected chi connectivity index (χ2v) is 8.79. The van der Waals surface area contributed by atoms with Crippen molar-refractivity contribution in [3.8, 4) is 5.75 Å². The van der Waals surface area contributed by atoms with Crippen molar-refractivity contribution in [3.63, 3.8) is 0 Å². The van der Waals surface area contributed by atoms with E-state index in [9.17, 15) is 18.4 Å². The van der Waals surface area contributed by atoms with Crippen LogP contribution in [0.25, 0.3) is 0 Å². The van der Waals surface area contributed by atoms with Crippen LogP contribution in [0.4, 0.5) is 19.3 Å². The molecule has 0 aliphatic heterocycles. The zero-order chi connectivity index (χ0) is 24.1. The van der Waals surface area contributed by atoms with Crippen molar-refractivity contribution in [2.75, 3.05) is 11.9 Å². The molecule has 0 spiro atoms. The van der Waals surface area contributed by atoms with Crippen molar-refractivity contribution < 1.29 is 27.8 Å². The van der Waals surface area contributed by atoms with Crippen molar-refractivity contribution in [3.05, 3.63) is 59.7 Å². The number of carbonyl (C=O) groups excluding carboxylic acids is 2. The second kappa shape index (κ2) is 9.97. The van der Waals surface area contributed by atoms with Gasteiger partial charge in [-0.1, -0.05) is 12.1 Å². The lowest BCUT2D eigenvalue weighted by Gasteiger charge is -2.36. The maximum atomic E-state index is 14.0. The quantitative estimate of drug-likeness (QED) is 0.567. The summed E-state index contributed by atoms with van der Waals surface area (Å²) < 4.78 is 37.9. The van der Waals surface area contributed by atoms with E-state index in [0.29, 0.717) is 11.8 Å². The SMILES string of the molecule is CCOC(=O)C(C)(C)Oc1ccc(CN(C(=O)Nc2ccc(F)cc2F)C(C)(C)C)cc1. The number of carbonyl (C=O) groups is 2. The molecule has 2 aromatic carbocycles. The number of nitrogens with zero attached hydrogens (tertiary/aromatic N) is 1. The first-order valence-electron chi connectivity index (χ1n) is 10.3. The van der Waals surface area contributed by atoms with Crippen LogP contribution in [0.15, 0.2) is 42.5 Å². The monoisotopic (exact) mass is 448 g/mol. The van der Waals surface area contributed by atoms with E-state index in [4.69, 9.17) is 9.47 Å². The lowest BCUT2D eigenvalue weighted by Crippen LogP contribution is -2.47. The van der Waals surface area contributed by atoms with Crippen molar-refractivity contribution in [1.82, 2.24) is 4.90 Å². The zero-order valence-electron chi connectivity index (χ0n) is 19.3. The van der Waals surface area contributed by atoms with Gasteiger partial charge >= 0.3 is 12.0 Å². The van der Waals surface area contributed by atoms with Gasteiger partial charge in [0, 0.05) is 18.2 Å². The summed E-state index contributed by atoms with van der Waals surface area (Å²) in [5.74, 6) is -1.56. The van der Waals surface area contributed by atoms with Crippen LogP contribution in [-0.4, -0.2) is 34.6 Å². The number of hydrogen-bond donors (Lipinski definition) is 1. The summed E-state index contributed by atoms with van der Waals surface area (Å²) in [5, 5.41) is 2.50. The Kier molecular flexibility index (Phi) is 7.83. The van der Waals surface area contributed by atoms with E-state index in [2.05, 4.69) is 5.32 Å². The van der Waals surface area contributed by atoms with Gasteiger partial charge in [0.05, 0.1) is 12.3 Å². The number of anilines is 1. The summed E-state index contributed by atoms with van der Waals surface area (Å²) in [6.07, 6.45) is 0. The number of rotatable bonds is 7. The van der Waals surface area contributed by atoms with Gasteiger partial charge in [0.25, 0.3) is 0 Å². The van der Waals surface area contributed by atoms with E-state index >= 15 is 0 Å². The molecular weight excluding hydrogens is 418 g/mol. The molecule has 0 bridgehead atoms. The number of ether oxygens (including phenoxy) is 2. The van der Waals surface area contributed by atoms with Gasteiger partial charge in [0.15, 0.2) is 5.60 Å². The Labute approximate surface area is 187 Å². The molecule has 0 aliphatic carbocycles. The number of halogens is 2. The van der Waals surface area contributed by atoms with Crippen LogP contribution in [0.2, 0.25) is 0 Å². The zero-order valence-corrected chi connectivity index (χ0v) is 19.3. The van der Waals surface area contributed by atoms with E-state index in [-0.39, 0.29) is 18.8 Å². The van der Waals surface area contributed by atoms with Crippen LogP contribution in [0.3, 0.4) is 0 Å². The first-order valence-corrected chi connectivity index (χ1v) is 10.3. The summed E-state index contributed by atoms with van der Waals surface area (Å²) in [7, 11) is 0. The minimum Gasteiger partial charge on any atom is -0.476 e. The van der Waals surface area contributed by atoms with Crippen molar-refractivity contribution in [2.24, 2.45) is 0 Å². The summed E-state index contributed by atoms with van der Waals surface area (Å²) >= 11 is 0. The Morgan fingerprint density at radius 2 is 1.62 bits per heavy atom. The molecule has 32 heavy (non-hydrogen) atoms. The number of amides is 2. The number of esters is 1. The largest absolute Gasteiger partial charge is 0.476 e. The first-order chi connectivity index (χ1) is 14.8. The molecule has 0 unspecified atom stereocenters. The van der Waals surface area contributed by atoms with Gasteiger partial charge in [0.1, 0.15) is 17.4 Å².